The Balaban J connectivity index is 1.65. The Morgan fingerprint density at radius 2 is 2.00 bits per heavy atom. The molecule has 1 saturated heterocycles. The fraction of sp³-hybridized carbons (Fsp3) is 0.786. The van der Waals surface area contributed by atoms with Gasteiger partial charge in [0.15, 0.2) is 0 Å². The monoisotopic (exact) mass is 249 g/mol. The number of nitrogens with zero attached hydrogens (tertiary/aromatic N) is 2. The number of aromatic nitrogens is 2. The van der Waals surface area contributed by atoms with Crippen molar-refractivity contribution in [1.82, 2.24) is 9.78 Å². The molecule has 18 heavy (non-hydrogen) atoms. The van der Waals surface area contributed by atoms with Gasteiger partial charge >= 0.3 is 0 Å². The number of ether oxygens (including phenoxy) is 1. The second kappa shape index (κ2) is 5.41. The van der Waals surface area contributed by atoms with Gasteiger partial charge in [-0.25, -0.2) is 4.68 Å². The summed E-state index contributed by atoms with van der Waals surface area (Å²) in [6.07, 6.45) is 12.6. The third-order valence-corrected chi connectivity index (χ3v) is 4.32. The Morgan fingerprint density at radius 3 is 2.72 bits per heavy atom. The molecule has 2 aliphatic rings. The standard InChI is InChI=1S/C14H23N3O/c15-13-6-4-11(5-7-13)12-9-16-17(10-12)14-3-1-2-8-18-14/h9-11,13-14H,1-8,15H2. The molecule has 4 heteroatoms. The molecule has 1 unspecified atom stereocenters. The summed E-state index contributed by atoms with van der Waals surface area (Å²) in [5, 5.41) is 4.49. The Kier molecular flexibility index (Phi) is 3.66. The maximum absolute atomic E-state index is 5.96. The number of hydrogen-bond acceptors (Lipinski definition) is 3. The number of hydrogen-bond donors (Lipinski definition) is 1. The molecule has 1 saturated carbocycles. The lowest BCUT2D eigenvalue weighted by Crippen LogP contribution is -2.25. The zero-order chi connectivity index (χ0) is 12.4. The van der Waals surface area contributed by atoms with E-state index in [-0.39, 0.29) is 6.23 Å². The SMILES string of the molecule is NC1CCC(c2cnn(C3CCCCO3)c2)CC1. The molecule has 2 N–H and O–H groups in total. The van der Waals surface area contributed by atoms with Crippen molar-refractivity contribution in [3.05, 3.63) is 18.0 Å². The van der Waals surface area contributed by atoms with Gasteiger partial charge in [-0.05, 0) is 56.4 Å². The molecule has 2 fully saturated rings. The minimum Gasteiger partial charge on any atom is -0.357 e. The molecule has 1 aliphatic heterocycles. The minimum atomic E-state index is 0.165. The second-order valence-electron chi connectivity index (χ2n) is 5.69. The molecule has 0 amide bonds. The highest BCUT2D eigenvalue weighted by Crippen LogP contribution is 2.33. The van der Waals surface area contributed by atoms with Crippen molar-refractivity contribution in [2.45, 2.75) is 63.1 Å². The smallest absolute Gasteiger partial charge is 0.150 e. The predicted octanol–water partition coefficient (Wildman–Crippen LogP) is 2.57. The van der Waals surface area contributed by atoms with Crippen molar-refractivity contribution < 1.29 is 4.74 Å². The van der Waals surface area contributed by atoms with Gasteiger partial charge in [0.1, 0.15) is 6.23 Å². The van der Waals surface area contributed by atoms with Crippen molar-refractivity contribution in [2.75, 3.05) is 6.61 Å². The molecule has 1 aliphatic carbocycles. The van der Waals surface area contributed by atoms with Gasteiger partial charge in [0, 0.05) is 18.8 Å². The zero-order valence-electron chi connectivity index (χ0n) is 10.9. The summed E-state index contributed by atoms with van der Waals surface area (Å²) in [6, 6.07) is 0.415. The summed E-state index contributed by atoms with van der Waals surface area (Å²) in [4.78, 5) is 0. The highest BCUT2D eigenvalue weighted by molar-refractivity contribution is 5.12. The number of rotatable bonds is 2. The molecule has 1 aromatic heterocycles. The van der Waals surface area contributed by atoms with E-state index in [0.717, 1.165) is 25.9 Å². The Bertz CT molecular complexity index is 376. The molecule has 0 bridgehead atoms. The van der Waals surface area contributed by atoms with Crippen molar-refractivity contribution in [1.29, 1.82) is 0 Å². The summed E-state index contributed by atoms with van der Waals surface area (Å²) in [6.45, 7) is 0.873. The van der Waals surface area contributed by atoms with Gasteiger partial charge in [0.05, 0.1) is 6.20 Å². The predicted molar refractivity (Wildman–Crippen MR) is 70.3 cm³/mol. The van der Waals surface area contributed by atoms with Crippen LogP contribution in [0.5, 0.6) is 0 Å². The molecule has 3 rings (SSSR count). The lowest BCUT2D eigenvalue weighted by Gasteiger charge is -2.25. The van der Waals surface area contributed by atoms with Gasteiger partial charge in [-0.15, -0.1) is 0 Å². The van der Waals surface area contributed by atoms with Gasteiger partial charge in [-0.3, -0.25) is 0 Å². The van der Waals surface area contributed by atoms with Crippen molar-refractivity contribution >= 4 is 0 Å². The zero-order valence-corrected chi connectivity index (χ0v) is 10.9. The first-order valence-electron chi connectivity index (χ1n) is 7.24. The third-order valence-electron chi connectivity index (χ3n) is 4.32. The fourth-order valence-corrected chi connectivity index (χ4v) is 3.11. The highest BCUT2D eigenvalue weighted by atomic mass is 16.5. The molecule has 100 valence electrons. The van der Waals surface area contributed by atoms with Crippen LogP contribution >= 0.6 is 0 Å². The molecule has 1 atom stereocenters. The molecule has 0 aromatic carbocycles. The first-order valence-corrected chi connectivity index (χ1v) is 7.24. The Labute approximate surface area is 108 Å². The molecule has 4 nitrogen and oxygen atoms in total. The van der Waals surface area contributed by atoms with Crippen LogP contribution in [0, 0.1) is 0 Å². The van der Waals surface area contributed by atoms with Gasteiger partial charge < -0.3 is 10.5 Å². The third kappa shape index (κ3) is 2.59. The largest absolute Gasteiger partial charge is 0.357 e. The van der Waals surface area contributed by atoms with E-state index in [4.69, 9.17) is 10.5 Å². The van der Waals surface area contributed by atoms with Crippen molar-refractivity contribution in [3.63, 3.8) is 0 Å². The Morgan fingerprint density at radius 1 is 1.17 bits per heavy atom. The average molecular weight is 249 g/mol. The van der Waals surface area contributed by atoms with Crippen LogP contribution in [0.2, 0.25) is 0 Å². The molecule has 2 heterocycles. The van der Waals surface area contributed by atoms with E-state index < -0.39 is 0 Å². The van der Waals surface area contributed by atoms with E-state index in [1.54, 1.807) is 0 Å². The van der Waals surface area contributed by atoms with Crippen LogP contribution < -0.4 is 5.73 Å². The quantitative estimate of drug-likeness (QED) is 0.876. The van der Waals surface area contributed by atoms with Gasteiger partial charge in [-0.1, -0.05) is 0 Å². The first kappa shape index (κ1) is 12.2. The topological polar surface area (TPSA) is 53.1 Å². The van der Waals surface area contributed by atoms with E-state index in [1.165, 1.54) is 31.2 Å². The summed E-state index contributed by atoms with van der Waals surface area (Å²) in [5.74, 6) is 0.655. The van der Waals surface area contributed by atoms with Gasteiger partial charge in [0.25, 0.3) is 0 Å². The van der Waals surface area contributed by atoms with Crippen LogP contribution in [0.15, 0.2) is 12.4 Å². The van der Waals surface area contributed by atoms with Crippen LogP contribution in [0.3, 0.4) is 0 Å². The molecule has 1 aromatic rings. The van der Waals surface area contributed by atoms with Crippen LogP contribution in [0.1, 0.15) is 62.7 Å². The normalized spacial score (nSPS) is 33.5. The summed E-state index contributed by atoms with van der Waals surface area (Å²) < 4.78 is 7.78. The maximum Gasteiger partial charge on any atom is 0.150 e. The lowest BCUT2D eigenvalue weighted by atomic mass is 9.83. The highest BCUT2D eigenvalue weighted by Gasteiger charge is 2.23. The Hall–Kier alpha value is -0.870. The number of nitrogens with two attached hydrogens (primary N) is 1. The van der Waals surface area contributed by atoms with Crippen LogP contribution in [-0.4, -0.2) is 22.4 Å². The minimum absolute atomic E-state index is 0.165. The van der Waals surface area contributed by atoms with Gasteiger partial charge in [0.2, 0.25) is 0 Å². The van der Waals surface area contributed by atoms with E-state index in [0.29, 0.717) is 12.0 Å². The first-order chi connectivity index (χ1) is 8.83. The van der Waals surface area contributed by atoms with Crippen LogP contribution in [-0.2, 0) is 4.74 Å². The molecular weight excluding hydrogens is 226 g/mol. The van der Waals surface area contributed by atoms with E-state index in [1.807, 2.05) is 10.9 Å². The van der Waals surface area contributed by atoms with E-state index >= 15 is 0 Å². The second-order valence-corrected chi connectivity index (χ2v) is 5.69. The maximum atomic E-state index is 5.96. The van der Waals surface area contributed by atoms with E-state index in [9.17, 15) is 0 Å². The fourth-order valence-electron chi connectivity index (χ4n) is 3.11. The lowest BCUT2D eigenvalue weighted by molar-refractivity contribution is -0.0395. The summed E-state index contributed by atoms with van der Waals surface area (Å²) in [5.41, 5.74) is 7.33. The van der Waals surface area contributed by atoms with Crippen LogP contribution in [0.25, 0.3) is 0 Å². The van der Waals surface area contributed by atoms with Crippen molar-refractivity contribution in [3.8, 4) is 0 Å². The van der Waals surface area contributed by atoms with Crippen LogP contribution in [0.4, 0.5) is 0 Å². The molecular formula is C14H23N3O. The molecule has 0 spiro atoms. The van der Waals surface area contributed by atoms with E-state index in [2.05, 4.69) is 11.3 Å². The average Bonchev–Trinajstić information content (AvgIpc) is 2.90. The summed E-state index contributed by atoms with van der Waals surface area (Å²) >= 11 is 0. The summed E-state index contributed by atoms with van der Waals surface area (Å²) in [7, 11) is 0. The van der Waals surface area contributed by atoms with Crippen molar-refractivity contribution in [2.24, 2.45) is 5.73 Å². The molecule has 0 radical (unpaired) electrons. The van der Waals surface area contributed by atoms with Gasteiger partial charge in [-0.2, -0.15) is 5.10 Å².